The number of rotatable bonds is 5. The van der Waals surface area contributed by atoms with Crippen molar-refractivity contribution in [1.29, 1.82) is 0 Å². The molecule has 0 aliphatic heterocycles. The average Bonchev–Trinajstić information content (AvgIpc) is 3.63. The Morgan fingerprint density at radius 1 is 0.860 bits per heavy atom. The first-order valence-corrected chi connectivity index (χ1v) is 24.5. The number of imidazole rings is 1. The van der Waals surface area contributed by atoms with Crippen molar-refractivity contribution in [3.63, 3.8) is 0 Å². The average molecular weight is 903 g/mol. The Morgan fingerprint density at radius 2 is 1.62 bits per heavy atom. The van der Waals surface area contributed by atoms with E-state index >= 15 is 0 Å². The number of nitrogens with zero attached hydrogens (tertiary/aromatic N) is 5. The summed E-state index contributed by atoms with van der Waals surface area (Å²) in [6.07, 6.45) is 3.93. The summed E-state index contributed by atoms with van der Waals surface area (Å²) in [5, 5.41) is 2.04. The van der Waals surface area contributed by atoms with Crippen molar-refractivity contribution in [3.05, 3.63) is 102 Å². The molecule has 2 aromatic carbocycles. The standard InChI is InChI=1S/C25H25N4O.C17H22GeN.Ir/c1-14(2)29-22-15(3)26-12-11-19(22)27-23(29)16-7-9-20-18(13-16)17-8-10-21(25(4,5)6)28-24(17)30-20;1-13(2)15-11-17(14-9-7-6-8-10-14)19-12-16(15)18(3,4)5;/h8-14H,1-6H3;6-9,11-13H,1-5H3;/q2*-1;. The van der Waals surface area contributed by atoms with Gasteiger partial charge in [-0.3, -0.25) is 9.97 Å². The molecule has 50 heavy (non-hydrogen) atoms. The van der Waals surface area contributed by atoms with Gasteiger partial charge in [0.1, 0.15) is 0 Å². The van der Waals surface area contributed by atoms with Gasteiger partial charge in [0.25, 0.3) is 0 Å². The Balaban J connectivity index is 0.000000211. The molecule has 7 aromatic rings. The van der Waals surface area contributed by atoms with Crippen LogP contribution in [0.5, 0.6) is 0 Å². The quantitative estimate of drug-likeness (QED) is 0.127. The van der Waals surface area contributed by atoms with E-state index in [1.807, 2.05) is 43.5 Å². The van der Waals surface area contributed by atoms with Crippen LogP contribution in [0.3, 0.4) is 0 Å². The fraction of sp³-hybridized carbons (Fsp3) is 0.333. The van der Waals surface area contributed by atoms with Gasteiger partial charge < -0.3 is 8.98 Å². The van der Waals surface area contributed by atoms with Crippen LogP contribution < -0.4 is 4.40 Å². The first-order chi connectivity index (χ1) is 23.1. The van der Waals surface area contributed by atoms with Crippen LogP contribution in [-0.2, 0) is 25.5 Å². The molecule has 0 N–H and O–H groups in total. The molecular weight excluding hydrogens is 855 g/mol. The zero-order chi connectivity index (χ0) is 35.2. The summed E-state index contributed by atoms with van der Waals surface area (Å²) < 4.78 is 9.82. The predicted molar refractivity (Wildman–Crippen MR) is 206 cm³/mol. The Hall–Kier alpha value is -3.65. The molecular formula is C42H47GeIrN5O-2. The van der Waals surface area contributed by atoms with Crippen LogP contribution in [-0.4, -0.2) is 37.8 Å². The third kappa shape index (κ3) is 7.51. The minimum absolute atomic E-state index is 0. The van der Waals surface area contributed by atoms with Crippen LogP contribution in [0.1, 0.15) is 77.4 Å². The topological polar surface area (TPSA) is 69.6 Å². The molecule has 6 nitrogen and oxygen atoms in total. The number of fused-ring (bicyclic) bond motifs is 4. The minimum Gasteiger partial charge on any atom is -0.486 e. The maximum Gasteiger partial charge on any atom is 0.216 e. The first kappa shape index (κ1) is 37.6. The molecule has 5 heterocycles. The summed E-state index contributed by atoms with van der Waals surface area (Å²) in [4.78, 5) is 18.8. The minimum atomic E-state index is -1.85. The summed E-state index contributed by atoms with van der Waals surface area (Å²) in [7, 11) is 0. The molecule has 0 aliphatic rings. The molecule has 7 rings (SSSR count). The molecule has 0 atom stereocenters. The van der Waals surface area contributed by atoms with E-state index < -0.39 is 13.3 Å². The maximum atomic E-state index is 6.06. The fourth-order valence-electron chi connectivity index (χ4n) is 6.32. The Kier molecular flexibility index (Phi) is 10.9. The van der Waals surface area contributed by atoms with E-state index in [0.717, 1.165) is 61.4 Å². The molecule has 0 bridgehead atoms. The number of hydrogen-bond acceptors (Lipinski definition) is 5. The Labute approximate surface area is 312 Å². The second-order valence-corrected chi connectivity index (χ2v) is 26.1. The Morgan fingerprint density at radius 3 is 2.26 bits per heavy atom. The smallest absolute Gasteiger partial charge is 0.216 e. The van der Waals surface area contributed by atoms with Gasteiger partial charge in [-0.2, -0.15) is 0 Å². The number of furan rings is 1. The zero-order valence-electron chi connectivity index (χ0n) is 31.1. The molecule has 0 spiro atoms. The zero-order valence-corrected chi connectivity index (χ0v) is 35.6. The number of benzene rings is 2. The van der Waals surface area contributed by atoms with E-state index in [0.29, 0.717) is 11.6 Å². The molecule has 5 aromatic heterocycles. The third-order valence-electron chi connectivity index (χ3n) is 8.93. The second-order valence-electron chi connectivity index (χ2n) is 15.5. The van der Waals surface area contributed by atoms with Gasteiger partial charge >= 0.3 is 119 Å². The van der Waals surface area contributed by atoms with E-state index in [9.17, 15) is 0 Å². The van der Waals surface area contributed by atoms with Gasteiger partial charge in [0.05, 0.1) is 28.1 Å². The molecule has 0 fully saturated rings. The van der Waals surface area contributed by atoms with Crippen LogP contribution in [0.15, 0.2) is 77.5 Å². The van der Waals surface area contributed by atoms with Crippen molar-refractivity contribution in [1.82, 2.24) is 24.5 Å². The van der Waals surface area contributed by atoms with Crippen molar-refractivity contribution in [2.45, 2.75) is 90.0 Å². The normalized spacial score (nSPS) is 12.1. The van der Waals surface area contributed by atoms with Gasteiger partial charge in [-0.1, -0.05) is 26.2 Å². The van der Waals surface area contributed by atoms with Crippen LogP contribution in [0.4, 0.5) is 0 Å². The van der Waals surface area contributed by atoms with Crippen LogP contribution in [0, 0.1) is 19.1 Å². The van der Waals surface area contributed by atoms with E-state index in [4.69, 9.17) is 14.4 Å². The molecule has 1 radical (unpaired) electrons. The van der Waals surface area contributed by atoms with Crippen LogP contribution in [0.25, 0.3) is 55.7 Å². The van der Waals surface area contributed by atoms with E-state index in [-0.39, 0.29) is 31.6 Å². The van der Waals surface area contributed by atoms with Gasteiger partial charge in [0, 0.05) is 48.8 Å². The van der Waals surface area contributed by atoms with Crippen molar-refractivity contribution in [2.75, 3.05) is 0 Å². The van der Waals surface area contributed by atoms with Crippen molar-refractivity contribution >= 4 is 50.8 Å². The Bertz CT molecular complexity index is 2270. The molecule has 0 aliphatic carbocycles. The summed E-state index contributed by atoms with van der Waals surface area (Å²) in [6, 6.07) is 27.4. The third-order valence-corrected chi connectivity index (χ3v) is 13.2. The van der Waals surface area contributed by atoms with Crippen LogP contribution >= 0.6 is 0 Å². The molecule has 0 saturated heterocycles. The second kappa shape index (κ2) is 14.5. The first-order valence-electron chi connectivity index (χ1n) is 17.2. The van der Waals surface area contributed by atoms with Gasteiger partial charge in [-0.25, -0.2) is 4.98 Å². The summed E-state index contributed by atoms with van der Waals surface area (Å²) in [5.74, 6) is 8.72. The number of hydrogen-bond donors (Lipinski definition) is 0. The molecule has 261 valence electrons. The maximum absolute atomic E-state index is 6.06. The van der Waals surface area contributed by atoms with E-state index in [2.05, 4.69) is 129 Å². The molecule has 0 saturated carbocycles. The van der Waals surface area contributed by atoms with Gasteiger partial charge in [0.15, 0.2) is 0 Å². The van der Waals surface area contributed by atoms with E-state index in [1.165, 1.54) is 9.96 Å². The molecule has 0 amide bonds. The van der Waals surface area contributed by atoms with E-state index in [1.54, 1.807) is 0 Å². The molecule has 8 heteroatoms. The van der Waals surface area contributed by atoms with Crippen LogP contribution in [0.2, 0.25) is 17.3 Å². The fourth-order valence-corrected chi connectivity index (χ4v) is 9.84. The number of pyridine rings is 3. The largest absolute Gasteiger partial charge is 0.486 e. The number of aryl methyl sites for hydroxylation is 1. The summed E-state index contributed by atoms with van der Waals surface area (Å²) in [6.45, 7) is 17.4. The number of aromatic nitrogens is 5. The van der Waals surface area contributed by atoms with Crippen molar-refractivity contribution < 1.29 is 24.5 Å². The van der Waals surface area contributed by atoms with Gasteiger partial charge in [0.2, 0.25) is 5.71 Å². The monoisotopic (exact) mass is 904 g/mol. The summed E-state index contributed by atoms with van der Waals surface area (Å²) in [5.41, 5.74) is 9.98. The van der Waals surface area contributed by atoms with Crippen molar-refractivity contribution in [2.24, 2.45) is 0 Å². The summed E-state index contributed by atoms with van der Waals surface area (Å²) >= 11 is -1.85. The van der Waals surface area contributed by atoms with Gasteiger partial charge in [-0.05, 0) is 39.0 Å². The SMILES string of the molecule is CC(C)c1cc(-c2[c-]cccc2)nc[c]1[Ge]([CH3])([CH3])[CH3].Cc1nccc2nc(-c3[c-]cc4oc5nc(C(C)(C)C)ccc5c4c3)n(C(C)C)c12.[Ir]. The molecule has 0 unspecified atom stereocenters. The van der Waals surface area contributed by atoms with Gasteiger partial charge in [-0.15, -0.1) is 23.8 Å². The predicted octanol–water partition coefficient (Wildman–Crippen LogP) is 10.6. The van der Waals surface area contributed by atoms with Crippen molar-refractivity contribution in [3.8, 4) is 22.6 Å².